The van der Waals surface area contributed by atoms with Crippen LogP contribution in [0.25, 0.3) is 0 Å². The molecule has 1 saturated heterocycles. The smallest absolute Gasteiger partial charge is 0.314 e. The Hall–Kier alpha value is -2.63. The van der Waals surface area contributed by atoms with Crippen LogP contribution < -0.4 is 0 Å². The van der Waals surface area contributed by atoms with Gasteiger partial charge in [-0.15, -0.1) is 0 Å². The maximum Gasteiger partial charge on any atom is 0.314 e. The van der Waals surface area contributed by atoms with Crippen LogP contribution in [0.1, 0.15) is 47.2 Å². The van der Waals surface area contributed by atoms with Crippen molar-refractivity contribution in [2.24, 2.45) is 5.41 Å². The van der Waals surface area contributed by atoms with Crippen LogP contribution in [0.2, 0.25) is 0 Å². The fourth-order valence-corrected chi connectivity index (χ4v) is 3.98. The Morgan fingerprint density at radius 2 is 1.96 bits per heavy atom. The standard InChI is InChI=1S/C22H26FNO4/c1-4-27-21(26)22(13-17-6-8-18(23)9-7-17)10-5-11-24(14-22)20(25)19-12-15(2)28-16(19)3/h6-9,12H,4-5,10-11,13-14H2,1-3H3/t22-/m1/s1. The zero-order chi connectivity index (χ0) is 20.3. The highest BCUT2D eigenvalue weighted by molar-refractivity contribution is 5.96. The first-order valence-electron chi connectivity index (χ1n) is 9.62. The van der Waals surface area contributed by atoms with Gasteiger partial charge in [0.25, 0.3) is 5.91 Å². The number of piperidine rings is 1. The molecule has 0 radical (unpaired) electrons. The van der Waals surface area contributed by atoms with Gasteiger partial charge in [0, 0.05) is 13.1 Å². The van der Waals surface area contributed by atoms with E-state index in [1.165, 1.54) is 12.1 Å². The third-order valence-corrected chi connectivity index (χ3v) is 5.30. The number of likely N-dealkylation sites (tertiary alicyclic amines) is 1. The van der Waals surface area contributed by atoms with Crippen molar-refractivity contribution in [3.05, 3.63) is 58.8 Å². The number of carbonyl (C=O) groups excluding carboxylic acids is 2. The normalized spacial score (nSPS) is 19.5. The van der Waals surface area contributed by atoms with Crippen molar-refractivity contribution in [3.63, 3.8) is 0 Å². The van der Waals surface area contributed by atoms with Gasteiger partial charge in [-0.2, -0.15) is 0 Å². The quantitative estimate of drug-likeness (QED) is 0.726. The minimum atomic E-state index is -0.839. The molecule has 2 heterocycles. The summed E-state index contributed by atoms with van der Waals surface area (Å²) in [6.45, 7) is 6.46. The molecular weight excluding hydrogens is 361 g/mol. The van der Waals surface area contributed by atoms with E-state index in [0.717, 1.165) is 5.56 Å². The first-order chi connectivity index (χ1) is 13.3. The lowest BCUT2D eigenvalue weighted by molar-refractivity contribution is -0.158. The SMILES string of the molecule is CCOC(=O)[C@@]1(Cc2ccc(F)cc2)CCCN(C(=O)c2cc(C)oc2C)C1. The Morgan fingerprint density at radius 3 is 2.57 bits per heavy atom. The monoisotopic (exact) mass is 387 g/mol. The van der Waals surface area contributed by atoms with Crippen molar-refractivity contribution >= 4 is 11.9 Å². The van der Waals surface area contributed by atoms with Crippen LogP contribution >= 0.6 is 0 Å². The van der Waals surface area contributed by atoms with Gasteiger partial charge in [-0.1, -0.05) is 12.1 Å². The number of esters is 1. The van der Waals surface area contributed by atoms with E-state index in [1.807, 2.05) is 0 Å². The highest BCUT2D eigenvalue weighted by Crippen LogP contribution is 2.36. The molecular formula is C22H26FNO4. The van der Waals surface area contributed by atoms with E-state index in [4.69, 9.17) is 9.15 Å². The molecule has 2 aromatic rings. The third-order valence-electron chi connectivity index (χ3n) is 5.30. The summed E-state index contributed by atoms with van der Waals surface area (Å²) >= 11 is 0. The summed E-state index contributed by atoms with van der Waals surface area (Å²) < 4.78 is 24.2. The predicted molar refractivity (Wildman–Crippen MR) is 102 cm³/mol. The second-order valence-corrected chi connectivity index (χ2v) is 7.46. The molecule has 0 unspecified atom stereocenters. The van der Waals surface area contributed by atoms with E-state index in [9.17, 15) is 14.0 Å². The van der Waals surface area contributed by atoms with E-state index >= 15 is 0 Å². The third kappa shape index (κ3) is 4.11. The number of halogens is 1. The lowest BCUT2D eigenvalue weighted by Crippen LogP contribution is -2.51. The number of nitrogens with zero attached hydrogens (tertiary/aromatic N) is 1. The lowest BCUT2D eigenvalue weighted by Gasteiger charge is -2.41. The van der Waals surface area contributed by atoms with Crippen molar-refractivity contribution in [3.8, 4) is 0 Å². The van der Waals surface area contributed by atoms with E-state index in [-0.39, 0.29) is 30.8 Å². The largest absolute Gasteiger partial charge is 0.466 e. The van der Waals surface area contributed by atoms with Crippen LogP contribution in [0.5, 0.6) is 0 Å². The van der Waals surface area contributed by atoms with Crippen LogP contribution in [0, 0.1) is 25.1 Å². The molecule has 3 rings (SSSR count). The Labute approximate surface area is 164 Å². The summed E-state index contributed by atoms with van der Waals surface area (Å²) in [7, 11) is 0. The summed E-state index contributed by atoms with van der Waals surface area (Å²) in [5.41, 5.74) is 0.534. The molecule has 0 spiro atoms. The highest BCUT2D eigenvalue weighted by Gasteiger charge is 2.45. The van der Waals surface area contributed by atoms with Crippen LogP contribution in [-0.4, -0.2) is 36.5 Å². The molecule has 1 aliphatic rings. The number of benzene rings is 1. The maximum absolute atomic E-state index is 13.3. The maximum atomic E-state index is 13.3. The topological polar surface area (TPSA) is 59.8 Å². The summed E-state index contributed by atoms with van der Waals surface area (Å²) in [6.07, 6.45) is 1.72. The number of amides is 1. The molecule has 1 aliphatic heterocycles. The number of rotatable bonds is 5. The Bertz CT molecular complexity index is 858. The Balaban J connectivity index is 1.88. The van der Waals surface area contributed by atoms with Gasteiger partial charge < -0.3 is 14.1 Å². The van der Waals surface area contributed by atoms with Gasteiger partial charge >= 0.3 is 5.97 Å². The molecule has 150 valence electrons. The molecule has 1 aromatic heterocycles. The van der Waals surface area contributed by atoms with Crippen molar-refractivity contribution in [1.82, 2.24) is 4.90 Å². The van der Waals surface area contributed by atoms with E-state index in [1.54, 1.807) is 43.9 Å². The molecule has 0 bridgehead atoms. The van der Waals surface area contributed by atoms with Crippen LogP contribution in [0.4, 0.5) is 4.39 Å². The molecule has 1 amide bonds. The number of carbonyl (C=O) groups is 2. The van der Waals surface area contributed by atoms with Crippen molar-refractivity contribution in [1.29, 1.82) is 0 Å². The first kappa shape index (κ1) is 20.1. The molecule has 28 heavy (non-hydrogen) atoms. The van der Waals surface area contributed by atoms with Gasteiger partial charge in [0.05, 0.1) is 17.6 Å². The average molecular weight is 387 g/mol. The van der Waals surface area contributed by atoms with Gasteiger partial charge in [0.2, 0.25) is 0 Å². The zero-order valence-electron chi connectivity index (χ0n) is 16.6. The van der Waals surface area contributed by atoms with Crippen molar-refractivity contribution in [2.75, 3.05) is 19.7 Å². The minimum absolute atomic E-state index is 0.137. The second-order valence-electron chi connectivity index (χ2n) is 7.46. The zero-order valence-corrected chi connectivity index (χ0v) is 16.6. The molecule has 0 aliphatic carbocycles. The minimum Gasteiger partial charge on any atom is -0.466 e. The fraction of sp³-hybridized carbons (Fsp3) is 0.455. The fourth-order valence-electron chi connectivity index (χ4n) is 3.98. The molecule has 1 fully saturated rings. The number of furan rings is 1. The van der Waals surface area contributed by atoms with Crippen LogP contribution in [-0.2, 0) is 16.0 Å². The van der Waals surface area contributed by atoms with E-state index in [0.29, 0.717) is 42.9 Å². The van der Waals surface area contributed by atoms with Crippen molar-refractivity contribution in [2.45, 2.75) is 40.0 Å². The lowest BCUT2D eigenvalue weighted by atomic mass is 9.75. The summed E-state index contributed by atoms with van der Waals surface area (Å²) in [6, 6.07) is 7.87. The molecule has 5 nitrogen and oxygen atoms in total. The molecule has 0 N–H and O–H groups in total. The Morgan fingerprint density at radius 1 is 1.25 bits per heavy atom. The average Bonchev–Trinajstić information content (AvgIpc) is 3.01. The summed E-state index contributed by atoms with van der Waals surface area (Å²) in [5.74, 6) is 0.494. The number of ether oxygens (including phenoxy) is 1. The predicted octanol–water partition coefficient (Wildman–Crippen LogP) is 4.06. The van der Waals surface area contributed by atoms with Gasteiger partial charge in [-0.05, 0) is 63.8 Å². The molecule has 0 saturated carbocycles. The van der Waals surface area contributed by atoms with Crippen molar-refractivity contribution < 1.29 is 23.1 Å². The molecule has 6 heteroatoms. The van der Waals surface area contributed by atoms with Gasteiger partial charge in [-0.3, -0.25) is 9.59 Å². The second kappa shape index (κ2) is 8.17. The van der Waals surface area contributed by atoms with Gasteiger partial charge in [-0.25, -0.2) is 4.39 Å². The number of hydrogen-bond donors (Lipinski definition) is 0. The number of hydrogen-bond acceptors (Lipinski definition) is 4. The molecule has 1 aromatic carbocycles. The summed E-state index contributed by atoms with van der Waals surface area (Å²) in [4.78, 5) is 27.7. The molecule has 1 atom stereocenters. The highest BCUT2D eigenvalue weighted by atomic mass is 19.1. The van der Waals surface area contributed by atoms with Gasteiger partial charge in [0.15, 0.2) is 0 Å². The Kier molecular flexibility index (Phi) is 5.87. The van der Waals surface area contributed by atoms with Gasteiger partial charge in [0.1, 0.15) is 17.3 Å². The van der Waals surface area contributed by atoms with Crippen LogP contribution in [0.15, 0.2) is 34.7 Å². The van der Waals surface area contributed by atoms with E-state index < -0.39 is 5.41 Å². The first-order valence-corrected chi connectivity index (χ1v) is 9.62. The summed E-state index contributed by atoms with van der Waals surface area (Å²) in [5, 5.41) is 0. The van der Waals surface area contributed by atoms with E-state index in [2.05, 4.69) is 0 Å². The van der Waals surface area contributed by atoms with Crippen LogP contribution in [0.3, 0.4) is 0 Å². The number of aryl methyl sites for hydroxylation is 2.